The molecule has 2 aromatic rings. The van der Waals surface area contributed by atoms with Crippen molar-refractivity contribution < 1.29 is 0 Å². The van der Waals surface area contributed by atoms with Gasteiger partial charge in [-0.05, 0) is 36.1 Å². The normalized spacial score (nSPS) is 18.3. The van der Waals surface area contributed by atoms with Crippen LogP contribution in [0.1, 0.15) is 29.4 Å². The van der Waals surface area contributed by atoms with Crippen molar-refractivity contribution >= 4 is 15.9 Å². The lowest BCUT2D eigenvalue weighted by molar-refractivity contribution is 0.521. The van der Waals surface area contributed by atoms with Crippen molar-refractivity contribution in [1.29, 1.82) is 0 Å². The van der Waals surface area contributed by atoms with Gasteiger partial charge >= 0.3 is 0 Å². The van der Waals surface area contributed by atoms with Crippen LogP contribution in [-0.2, 0) is 13.0 Å². The zero-order valence-electron chi connectivity index (χ0n) is 9.41. The number of benzene rings is 1. The summed E-state index contributed by atoms with van der Waals surface area (Å²) in [5.41, 5.74) is 2.89. The SMILES string of the molecule is Brc1ccc2c(c1)C(NCc1ncc[nH]1)CC2. The number of nitrogens with zero attached hydrogens (tertiary/aromatic N) is 1. The van der Waals surface area contributed by atoms with Gasteiger partial charge in [0, 0.05) is 22.9 Å². The third kappa shape index (κ3) is 2.28. The van der Waals surface area contributed by atoms with Crippen molar-refractivity contribution in [3.63, 3.8) is 0 Å². The Labute approximate surface area is 109 Å². The fourth-order valence-corrected chi connectivity index (χ4v) is 2.78. The van der Waals surface area contributed by atoms with Crippen molar-refractivity contribution in [1.82, 2.24) is 15.3 Å². The summed E-state index contributed by atoms with van der Waals surface area (Å²) in [6.45, 7) is 0.795. The van der Waals surface area contributed by atoms with Crippen LogP contribution in [0.2, 0.25) is 0 Å². The topological polar surface area (TPSA) is 40.7 Å². The average molecular weight is 292 g/mol. The number of fused-ring (bicyclic) bond motifs is 1. The number of aryl methyl sites for hydroxylation is 1. The second kappa shape index (κ2) is 4.63. The van der Waals surface area contributed by atoms with Crippen molar-refractivity contribution in [3.8, 4) is 0 Å². The van der Waals surface area contributed by atoms with Gasteiger partial charge in [-0.3, -0.25) is 0 Å². The van der Waals surface area contributed by atoms with Gasteiger partial charge in [0.2, 0.25) is 0 Å². The van der Waals surface area contributed by atoms with E-state index < -0.39 is 0 Å². The molecule has 0 amide bonds. The molecule has 0 radical (unpaired) electrons. The predicted molar refractivity (Wildman–Crippen MR) is 70.6 cm³/mol. The average Bonchev–Trinajstić information content (AvgIpc) is 2.94. The molecule has 1 atom stereocenters. The van der Waals surface area contributed by atoms with E-state index >= 15 is 0 Å². The first-order valence-electron chi connectivity index (χ1n) is 5.83. The third-order valence-electron chi connectivity index (χ3n) is 3.26. The molecule has 1 unspecified atom stereocenters. The summed E-state index contributed by atoms with van der Waals surface area (Å²) in [6.07, 6.45) is 5.98. The molecule has 3 nitrogen and oxygen atoms in total. The van der Waals surface area contributed by atoms with Gasteiger partial charge in [0.15, 0.2) is 0 Å². The number of nitrogens with one attached hydrogen (secondary N) is 2. The van der Waals surface area contributed by atoms with E-state index in [9.17, 15) is 0 Å². The first-order chi connectivity index (χ1) is 8.33. The molecule has 0 saturated heterocycles. The summed E-state index contributed by atoms with van der Waals surface area (Å²) < 4.78 is 1.16. The van der Waals surface area contributed by atoms with Crippen LogP contribution < -0.4 is 5.32 Å². The Hall–Kier alpha value is -1.13. The van der Waals surface area contributed by atoms with Crippen LogP contribution in [0.3, 0.4) is 0 Å². The number of rotatable bonds is 3. The Kier molecular flexibility index (Phi) is 2.99. The maximum absolute atomic E-state index is 4.22. The molecule has 1 aromatic heterocycles. The van der Waals surface area contributed by atoms with Gasteiger partial charge in [-0.2, -0.15) is 0 Å². The number of aromatic nitrogens is 2. The monoisotopic (exact) mass is 291 g/mol. The number of hydrogen-bond donors (Lipinski definition) is 2. The van der Waals surface area contributed by atoms with Gasteiger partial charge in [-0.1, -0.05) is 22.0 Å². The number of imidazole rings is 1. The van der Waals surface area contributed by atoms with Crippen molar-refractivity contribution in [2.45, 2.75) is 25.4 Å². The molecule has 88 valence electrons. The maximum atomic E-state index is 4.22. The summed E-state index contributed by atoms with van der Waals surface area (Å²) in [5.74, 6) is 0.994. The zero-order valence-corrected chi connectivity index (χ0v) is 11.0. The lowest BCUT2D eigenvalue weighted by Crippen LogP contribution is -2.19. The van der Waals surface area contributed by atoms with Crippen LogP contribution in [0.15, 0.2) is 35.1 Å². The molecule has 0 aliphatic heterocycles. The number of hydrogen-bond acceptors (Lipinski definition) is 2. The van der Waals surface area contributed by atoms with Gasteiger partial charge in [0.1, 0.15) is 5.82 Å². The predicted octanol–water partition coefficient (Wildman–Crippen LogP) is 2.95. The maximum Gasteiger partial charge on any atom is 0.120 e. The van der Waals surface area contributed by atoms with Crippen molar-refractivity contribution in [2.24, 2.45) is 0 Å². The molecular formula is C13H14BrN3. The van der Waals surface area contributed by atoms with E-state index in [0.717, 1.165) is 16.8 Å². The van der Waals surface area contributed by atoms with Crippen LogP contribution in [0, 0.1) is 0 Å². The fourth-order valence-electron chi connectivity index (χ4n) is 2.40. The molecule has 1 aliphatic rings. The molecule has 0 saturated carbocycles. The van der Waals surface area contributed by atoms with E-state index in [2.05, 4.69) is 49.4 Å². The largest absolute Gasteiger partial charge is 0.348 e. The Balaban J connectivity index is 1.73. The highest BCUT2D eigenvalue weighted by atomic mass is 79.9. The summed E-state index contributed by atoms with van der Waals surface area (Å²) in [6, 6.07) is 7.01. The molecule has 1 heterocycles. The lowest BCUT2D eigenvalue weighted by Gasteiger charge is -2.13. The summed E-state index contributed by atoms with van der Waals surface area (Å²) in [5, 5.41) is 3.55. The smallest absolute Gasteiger partial charge is 0.120 e. The van der Waals surface area contributed by atoms with E-state index in [1.54, 1.807) is 6.20 Å². The molecule has 0 fully saturated rings. The van der Waals surface area contributed by atoms with Crippen LogP contribution >= 0.6 is 15.9 Å². The second-order valence-electron chi connectivity index (χ2n) is 4.35. The van der Waals surface area contributed by atoms with Gasteiger partial charge in [-0.15, -0.1) is 0 Å². The molecule has 4 heteroatoms. The van der Waals surface area contributed by atoms with E-state index in [1.165, 1.54) is 24.0 Å². The number of aromatic amines is 1. The minimum Gasteiger partial charge on any atom is -0.348 e. The molecule has 0 bridgehead atoms. The summed E-state index contributed by atoms with van der Waals surface area (Å²) in [4.78, 5) is 7.34. The quantitative estimate of drug-likeness (QED) is 0.913. The van der Waals surface area contributed by atoms with E-state index in [0.29, 0.717) is 6.04 Å². The van der Waals surface area contributed by atoms with Crippen LogP contribution in [-0.4, -0.2) is 9.97 Å². The Morgan fingerprint density at radius 3 is 3.24 bits per heavy atom. The molecule has 2 N–H and O–H groups in total. The number of halogens is 1. The van der Waals surface area contributed by atoms with Gasteiger partial charge in [0.05, 0.1) is 6.54 Å². The first-order valence-corrected chi connectivity index (χ1v) is 6.62. The summed E-state index contributed by atoms with van der Waals surface area (Å²) in [7, 11) is 0. The molecule has 0 spiro atoms. The molecule has 1 aromatic carbocycles. The zero-order chi connectivity index (χ0) is 11.7. The van der Waals surface area contributed by atoms with E-state index in [-0.39, 0.29) is 0 Å². The Bertz CT molecular complexity index is 507. The molecule has 17 heavy (non-hydrogen) atoms. The highest BCUT2D eigenvalue weighted by molar-refractivity contribution is 9.10. The number of H-pyrrole nitrogens is 1. The molecule has 1 aliphatic carbocycles. The van der Waals surface area contributed by atoms with Gasteiger partial charge in [0.25, 0.3) is 0 Å². The molecule has 3 rings (SSSR count). The third-order valence-corrected chi connectivity index (χ3v) is 3.75. The van der Waals surface area contributed by atoms with E-state index in [1.807, 2.05) is 6.20 Å². The van der Waals surface area contributed by atoms with Gasteiger partial charge in [-0.25, -0.2) is 4.98 Å². The minimum absolute atomic E-state index is 0.451. The summed E-state index contributed by atoms with van der Waals surface area (Å²) >= 11 is 3.54. The Morgan fingerprint density at radius 2 is 2.41 bits per heavy atom. The van der Waals surface area contributed by atoms with Crippen LogP contribution in [0.5, 0.6) is 0 Å². The van der Waals surface area contributed by atoms with Crippen LogP contribution in [0.4, 0.5) is 0 Å². The standard InChI is InChI=1S/C13H14BrN3/c14-10-3-1-9-2-4-12(11(9)7-10)17-8-13-15-5-6-16-13/h1,3,5-7,12,17H,2,4,8H2,(H,15,16). The highest BCUT2D eigenvalue weighted by Crippen LogP contribution is 2.33. The van der Waals surface area contributed by atoms with Gasteiger partial charge < -0.3 is 10.3 Å². The lowest BCUT2D eigenvalue weighted by atomic mass is 10.1. The van der Waals surface area contributed by atoms with Crippen molar-refractivity contribution in [2.75, 3.05) is 0 Å². The minimum atomic E-state index is 0.451. The second-order valence-corrected chi connectivity index (χ2v) is 5.27. The van der Waals surface area contributed by atoms with Crippen LogP contribution in [0.25, 0.3) is 0 Å². The first kappa shape index (κ1) is 11.0. The van der Waals surface area contributed by atoms with E-state index in [4.69, 9.17) is 0 Å². The fraction of sp³-hybridized carbons (Fsp3) is 0.308. The van der Waals surface area contributed by atoms with Crippen molar-refractivity contribution in [3.05, 3.63) is 52.0 Å². The highest BCUT2D eigenvalue weighted by Gasteiger charge is 2.22. The molecular weight excluding hydrogens is 278 g/mol. The Morgan fingerprint density at radius 1 is 1.47 bits per heavy atom.